The molecule has 0 unspecified atom stereocenters. The summed E-state index contributed by atoms with van der Waals surface area (Å²) in [6.07, 6.45) is 0. The number of hydrogen-bond acceptors (Lipinski definition) is 3. The van der Waals surface area contributed by atoms with Crippen molar-refractivity contribution in [3.8, 4) is 11.5 Å². The summed E-state index contributed by atoms with van der Waals surface area (Å²) in [5, 5.41) is 5.38. The van der Waals surface area contributed by atoms with E-state index in [4.69, 9.17) is 9.47 Å². The van der Waals surface area contributed by atoms with Crippen molar-refractivity contribution >= 4 is 6.03 Å². The zero-order valence-electron chi connectivity index (χ0n) is 11.8. The van der Waals surface area contributed by atoms with Crippen molar-refractivity contribution in [3.63, 3.8) is 0 Å². The van der Waals surface area contributed by atoms with Gasteiger partial charge in [-0.05, 0) is 18.2 Å². The highest BCUT2D eigenvalue weighted by Gasteiger charge is 2.04. The molecule has 0 aliphatic rings. The van der Waals surface area contributed by atoms with Crippen LogP contribution in [0.15, 0.2) is 54.6 Å². The maximum atomic E-state index is 11.7. The number of urea groups is 1. The molecule has 2 amide bonds. The first kappa shape index (κ1) is 14.7. The molecular formula is C16H18N2O3. The van der Waals surface area contributed by atoms with Gasteiger partial charge >= 0.3 is 6.03 Å². The summed E-state index contributed by atoms with van der Waals surface area (Å²) in [5.41, 5.74) is 0.916. The van der Waals surface area contributed by atoms with Crippen molar-refractivity contribution in [1.82, 2.24) is 10.6 Å². The molecule has 0 spiro atoms. The minimum Gasteiger partial charge on any atom is -0.496 e. The van der Waals surface area contributed by atoms with Crippen LogP contribution < -0.4 is 20.1 Å². The van der Waals surface area contributed by atoms with Crippen LogP contribution in [0.5, 0.6) is 11.5 Å². The molecule has 2 rings (SSSR count). The van der Waals surface area contributed by atoms with E-state index >= 15 is 0 Å². The summed E-state index contributed by atoms with van der Waals surface area (Å²) < 4.78 is 10.6. The molecule has 0 aliphatic heterocycles. The van der Waals surface area contributed by atoms with Gasteiger partial charge in [-0.3, -0.25) is 0 Å². The van der Waals surface area contributed by atoms with Crippen LogP contribution in [0, 0.1) is 0 Å². The number of ether oxygens (including phenoxy) is 2. The minimum atomic E-state index is -0.295. The number of amides is 2. The van der Waals surface area contributed by atoms with Crippen LogP contribution in [0.3, 0.4) is 0 Å². The number of benzene rings is 2. The average molecular weight is 286 g/mol. The Hall–Kier alpha value is -2.69. The van der Waals surface area contributed by atoms with Gasteiger partial charge in [-0.1, -0.05) is 36.4 Å². The molecule has 0 saturated heterocycles. The Morgan fingerprint density at radius 2 is 1.71 bits per heavy atom. The second kappa shape index (κ2) is 7.79. The molecule has 0 bridgehead atoms. The van der Waals surface area contributed by atoms with E-state index in [0.717, 1.165) is 11.3 Å². The average Bonchev–Trinajstić information content (AvgIpc) is 2.54. The predicted octanol–water partition coefficient (Wildman–Crippen LogP) is 2.53. The molecule has 0 fully saturated rings. The third-order valence-corrected chi connectivity index (χ3v) is 2.85. The Morgan fingerprint density at radius 1 is 1.00 bits per heavy atom. The van der Waals surface area contributed by atoms with Gasteiger partial charge in [0, 0.05) is 12.1 Å². The van der Waals surface area contributed by atoms with Gasteiger partial charge in [0.1, 0.15) is 11.5 Å². The topological polar surface area (TPSA) is 59.6 Å². The molecule has 110 valence electrons. The predicted molar refractivity (Wildman–Crippen MR) is 80.3 cm³/mol. The summed E-state index contributed by atoms with van der Waals surface area (Å²) >= 11 is 0. The Kier molecular flexibility index (Phi) is 5.46. The largest absolute Gasteiger partial charge is 0.496 e. The molecule has 2 aromatic rings. The van der Waals surface area contributed by atoms with Gasteiger partial charge in [-0.2, -0.15) is 0 Å². The Bertz CT molecular complexity index is 573. The zero-order valence-corrected chi connectivity index (χ0v) is 11.8. The number of rotatable bonds is 6. The lowest BCUT2D eigenvalue weighted by Crippen LogP contribution is -2.37. The lowest BCUT2D eigenvalue weighted by molar-refractivity contribution is 0.223. The number of carbonyl (C=O) groups excluding carboxylic acids is 1. The molecule has 2 N–H and O–H groups in total. The van der Waals surface area contributed by atoms with Crippen LogP contribution in [-0.2, 0) is 6.54 Å². The summed E-state index contributed by atoms with van der Waals surface area (Å²) in [6.45, 7) is 0.503. The van der Waals surface area contributed by atoms with Gasteiger partial charge in [-0.25, -0.2) is 4.79 Å². The van der Waals surface area contributed by atoms with Crippen molar-refractivity contribution in [1.29, 1.82) is 0 Å². The van der Waals surface area contributed by atoms with E-state index in [-0.39, 0.29) is 12.8 Å². The fourth-order valence-electron chi connectivity index (χ4n) is 1.79. The summed E-state index contributed by atoms with van der Waals surface area (Å²) in [5.74, 6) is 1.46. The van der Waals surface area contributed by atoms with Crippen LogP contribution in [-0.4, -0.2) is 19.9 Å². The standard InChI is InChI=1S/C16H18N2O3/c1-20-15-10-6-5-7-13(15)11-17-16(19)18-12-21-14-8-3-2-4-9-14/h2-10H,11-12H2,1H3,(H2,17,18,19). The van der Waals surface area contributed by atoms with Crippen LogP contribution in [0.2, 0.25) is 0 Å². The summed E-state index contributed by atoms with van der Waals surface area (Å²) in [7, 11) is 1.60. The quantitative estimate of drug-likeness (QED) is 0.802. The van der Waals surface area contributed by atoms with Crippen LogP contribution in [0.4, 0.5) is 4.79 Å². The van der Waals surface area contributed by atoms with Crippen LogP contribution in [0.1, 0.15) is 5.56 Å². The molecule has 5 heteroatoms. The van der Waals surface area contributed by atoms with Gasteiger partial charge in [-0.15, -0.1) is 0 Å². The zero-order chi connectivity index (χ0) is 14.9. The number of para-hydroxylation sites is 2. The normalized spacial score (nSPS) is 9.76. The first-order chi connectivity index (χ1) is 10.3. The van der Waals surface area contributed by atoms with E-state index in [2.05, 4.69) is 10.6 Å². The van der Waals surface area contributed by atoms with Crippen LogP contribution >= 0.6 is 0 Å². The smallest absolute Gasteiger partial charge is 0.317 e. The Morgan fingerprint density at radius 3 is 2.48 bits per heavy atom. The van der Waals surface area contributed by atoms with Crippen LogP contribution in [0.25, 0.3) is 0 Å². The lowest BCUT2D eigenvalue weighted by Gasteiger charge is -2.11. The first-order valence-electron chi connectivity index (χ1n) is 6.61. The molecule has 0 heterocycles. The van der Waals surface area contributed by atoms with E-state index in [1.807, 2.05) is 54.6 Å². The number of nitrogens with one attached hydrogen (secondary N) is 2. The Balaban J connectivity index is 1.72. The molecular weight excluding hydrogens is 268 g/mol. The first-order valence-corrected chi connectivity index (χ1v) is 6.61. The molecule has 0 aromatic heterocycles. The molecule has 0 atom stereocenters. The molecule has 0 saturated carbocycles. The van der Waals surface area contributed by atoms with Gasteiger partial charge in [0.2, 0.25) is 0 Å². The molecule has 0 radical (unpaired) electrons. The van der Waals surface area contributed by atoms with E-state index in [0.29, 0.717) is 12.3 Å². The van der Waals surface area contributed by atoms with E-state index in [9.17, 15) is 4.79 Å². The maximum absolute atomic E-state index is 11.7. The minimum absolute atomic E-state index is 0.113. The summed E-state index contributed by atoms with van der Waals surface area (Å²) in [4.78, 5) is 11.7. The second-order valence-electron chi connectivity index (χ2n) is 4.27. The van der Waals surface area contributed by atoms with Crippen molar-refractivity contribution < 1.29 is 14.3 Å². The van der Waals surface area contributed by atoms with Crippen molar-refractivity contribution in [2.75, 3.05) is 13.8 Å². The van der Waals surface area contributed by atoms with E-state index < -0.39 is 0 Å². The highest BCUT2D eigenvalue weighted by molar-refractivity contribution is 5.73. The maximum Gasteiger partial charge on any atom is 0.317 e. The number of methoxy groups -OCH3 is 1. The van der Waals surface area contributed by atoms with E-state index in [1.165, 1.54) is 0 Å². The summed E-state index contributed by atoms with van der Waals surface area (Å²) in [6, 6.07) is 16.5. The fraction of sp³-hybridized carbons (Fsp3) is 0.188. The third kappa shape index (κ3) is 4.72. The molecule has 0 aliphatic carbocycles. The van der Waals surface area contributed by atoms with Gasteiger partial charge in [0.05, 0.1) is 7.11 Å². The monoisotopic (exact) mass is 286 g/mol. The second-order valence-corrected chi connectivity index (χ2v) is 4.27. The van der Waals surface area contributed by atoms with Gasteiger partial charge < -0.3 is 20.1 Å². The van der Waals surface area contributed by atoms with Gasteiger partial charge in [0.25, 0.3) is 0 Å². The number of hydrogen-bond donors (Lipinski definition) is 2. The molecule has 5 nitrogen and oxygen atoms in total. The fourth-order valence-corrected chi connectivity index (χ4v) is 1.79. The SMILES string of the molecule is COc1ccccc1CNC(=O)NCOc1ccccc1. The lowest BCUT2D eigenvalue weighted by atomic mass is 10.2. The Labute approximate surface area is 123 Å². The highest BCUT2D eigenvalue weighted by Crippen LogP contribution is 2.16. The highest BCUT2D eigenvalue weighted by atomic mass is 16.5. The van der Waals surface area contributed by atoms with Crippen molar-refractivity contribution in [3.05, 3.63) is 60.2 Å². The van der Waals surface area contributed by atoms with Crippen molar-refractivity contribution in [2.45, 2.75) is 6.54 Å². The number of carbonyl (C=O) groups is 1. The molecule has 21 heavy (non-hydrogen) atoms. The van der Waals surface area contributed by atoms with Crippen molar-refractivity contribution in [2.24, 2.45) is 0 Å². The third-order valence-electron chi connectivity index (χ3n) is 2.85. The molecule has 2 aromatic carbocycles. The van der Waals surface area contributed by atoms with E-state index in [1.54, 1.807) is 7.11 Å². The van der Waals surface area contributed by atoms with Gasteiger partial charge in [0.15, 0.2) is 6.73 Å².